The van der Waals surface area contributed by atoms with Crippen molar-refractivity contribution in [3.8, 4) is 6.07 Å². The van der Waals surface area contributed by atoms with Gasteiger partial charge in [0.15, 0.2) is 5.78 Å². The molecule has 4 N–H and O–H groups in total. The van der Waals surface area contributed by atoms with Gasteiger partial charge in [0.2, 0.25) is 5.91 Å². The fourth-order valence-electron chi connectivity index (χ4n) is 4.11. The lowest BCUT2D eigenvalue weighted by molar-refractivity contribution is -0.124. The quantitative estimate of drug-likeness (QED) is 0.563. The molecule has 1 aliphatic rings. The lowest BCUT2D eigenvalue weighted by Gasteiger charge is -2.33. The molecule has 1 aromatic heterocycles. The first kappa shape index (κ1) is 23.9. The maximum Gasteiger partial charge on any atom is 0.332 e. The highest BCUT2D eigenvalue weighted by molar-refractivity contribution is 6.01. The van der Waals surface area contributed by atoms with Crippen molar-refractivity contribution in [2.24, 2.45) is 5.73 Å². The number of Topliss-reactive ketones (excluding diaryl/α,β-unsaturated/α-hetero) is 1. The second-order valence-electron chi connectivity index (χ2n) is 7.91. The lowest BCUT2D eigenvalue weighted by atomic mass is 10.0. The van der Waals surface area contributed by atoms with Gasteiger partial charge in [0.1, 0.15) is 23.3 Å². The molecule has 2 aromatic rings. The van der Waals surface area contributed by atoms with Crippen molar-refractivity contribution in [3.05, 3.63) is 61.5 Å². The van der Waals surface area contributed by atoms with Gasteiger partial charge >= 0.3 is 5.69 Å². The van der Waals surface area contributed by atoms with E-state index in [1.807, 2.05) is 0 Å². The minimum atomic E-state index is -0.820. The Morgan fingerprint density at radius 2 is 1.97 bits per heavy atom. The molecule has 1 amide bonds. The normalized spacial score (nSPS) is 16.3. The number of ketones is 1. The van der Waals surface area contributed by atoms with Gasteiger partial charge in [-0.1, -0.05) is 12.5 Å². The molecule has 0 radical (unpaired) electrons. The summed E-state index contributed by atoms with van der Waals surface area (Å²) in [5, 5.41) is 8.90. The van der Waals surface area contributed by atoms with Crippen LogP contribution in [-0.2, 0) is 17.9 Å². The molecule has 33 heavy (non-hydrogen) atoms. The van der Waals surface area contributed by atoms with E-state index in [4.69, 9.17) is 16.7 Å². The minimum Gasteiger partial charge on any atom is -0.384 e. The summed E-state index contributed by atoms with van der Waals surface area (Å²) in [6, 6.07) is 4.92. The van der Waals surface area contributed by atoms with Gasteiger partial charge in [0, 0.05) is 6.54 Å². The Hall–Kier alpha value is -3.78. The van der Waals surface area contributed by atoms with Gasteiger partial charge in [-0.25, -0.2) is 9.18 Å². The predicted octanol–water partition coefficient (Wildman–Crippen LogP) is 0.194. The van der Waals surface area contributed by atoms with E-state index in [1.54, 1.807) is 17.9 Å². The zero-order valence-electron chi connectivity index (χ0n) is 18.2. The molecular weight excluding hydrogens is 431 g/mol. The van der Waals surface area contributed by atoms with Crippen molar-refractivity contribution < 1.29 is 14.0 Å². The van der Waals surface area contributed by atoms with Crippen LogP contribution in [0.3, 0.4) is 0 Å². The number of primary amides is 1. The maximum absolute atomic E-state index is 14.0. The Kier molecular flexibility index (Phi) is 7.08. The highest BCUT2D eigenvalue weighted by Crippen LogP contribution is 2.18. The highest BCUT2D eigenvalue weighted by Gasteiger charge is 2.31. The standard InChI is InChI=1S/C22H25FN6O4/c1-2-28-21(32)18(17(30)12-27-8-4-3-5-16(27)20(26)31)19(25)29(22(28)33)11-13-6-7-14(10-24)15(23)9-13/h6-7,9,16H,2-5,8,11-12,25H2,1H3,(H2,26,31)/t16-/m1/s1. The Morgan fingerprint density at radius 3 is 2.58 bits per heavy atom. The summed E-state index contributed by atoms with van der Waals surface area (Å²) in [5.41, 5.74) is 9.83. The van der Waals surface area contributed by atoms with Crippen LogP contribution < -0.4 is 22.7 Å². The summed E-state index contributed by atoms with van der Waals surface area (Å²) in [5.74, 6) is -2.27. The predicted molar refractivity (Wildman–Crippen MR) is 118 cm³/mol. The number of amides is 1. The number of hydrogen-bond donors (Lipinski definition) is 2. The number of hydrogen-bond acceptors (Lipinski definition) is 7. The van der Waals surface area contributed by atoms with Crippen molar-refractivity contribution >= 4 is 17.5 Å². The average molecular weight is 456 g/mol. The number of nitrogens with zero attached hydrogens (tertiary/aromatic N) is 4. The number of aromatic nitrogens is 2. The number of nitrogens with two attached hydrogens (primary N) is 2. The van der Waals surface area contributed by atoms with E-state index in [0.717, 1.165) is 28.0 Å². The van der Waals surface area contributed by atoms with Crippen LogP contribution in [0.1, 0.15) is 47.7 Å². The Bertz CT molecular complexity index is 1260. The first-order valence-corrected chi connectivity index (χ1v) is 10.6. The van der Waals surface area contributed by atoms with E-state index in [-0.39, 0.29) is 36.6 Å². The van der Waals surface area contributed by atoms with E-state index in [1.165, 1.54) is 12.1 Å². The zero-order chi connectivity index (χ0) is 24.3. The molecule has 174 valence electrons. The van der Waals surface area contributed by atoms with Crippen LogP contribution in [0.15, 0.2) is 27.8 Å². The van der Waals surface area contributed by atoms with Gasteiger partial charge in [0.05, 0.1) is 24.7 Å². The molecule has 1 fully saturated rings. The maximum atomic E-state index is 14.0. The molecule has 2 heterocycles. The molecule has 0 unspecified atom stereocenters. The number of likely N-dealkylation sites (tertiary alicyclic amines) is 1. The van der Waals surface area contributed by atoms with E-state index in [9.17, 15) is 23.6 Å². The van der Waals surface area contributed by atoms with E-state index in [0.29, 0.717) is 18.5 Å². The third kappa shape index (κ3) is 4.70. The average Bonchev–Trinajstić information content (AvgIpc) is 2.77. The van der Waals surface area contributed by atoms with E-state index in [2.05, 4.69) is 0 Å². The number of nitriles is 1. The lowest BCUT2D eigenvalue weighted by Crippen LogP contribution is -2.51. The van der Waals surface area contributed by atoms with Crippen molar-refractivity contribution in [2.75, 3.05) is 18.8 Å². The molecule has 1 atom stereocenters. The number of halogens is 1. The summed E-state index contributed by atoms with van der Waals surface area (Å²) in [7, 11) is 0. The topological polar surface area (TPSA) is 157 Å². The number of nitrogen functional groups attached to an aromatic ring is 1. The third-order valence-electron chi connectivity index (χ3n) is 5.85. The fourth-order valence-corrected chi connectivity index (χ4v) is 4.11. The van der Waals surface area contributed by atoms with Crippen molar-refractivity contribution in [1.29, 1.82) is 5.26 Å². The van der Waals surface area contributed by atoms with Crippen molar-refractivity contribution in [3.63, 3.8) is 0 Å². The van der Waals surface area contributed by atoms with Crippen LogP contribution in [0.4, 0.5) is 10.2 Å². The Morgan fingerprint density at radius 1 is 1.24 bits per heavy atom. The summed E-state index contributed by atoms with van der Waals surface area (Å²) in [6.45, 7) is 1.58. The van der Waals surface area contributed by atoms with E-state index < -0.39 is 34.8 Å². The third-order valence-corrected chi connectivity index (χ3v) is 5.85. The molecule has 1 aromatic carbocycles. The second kappa shape index (κ2) is 9.79. The Labute approximate surface area is 188 Å². The van der Waals surface area contributed by atoms with Gasteiger partial charge in [-0.3, -0.25) is 28.4 Å². The SMILES string of the molecule is CCn1c(=O)c(C(=O)CN2CCCC[C@@H]2C(N)=O)c(N)n(Cc2ccc(C#N)c(F)c2)c1=O. The van der Waals surface area contributed by atoms with Gasteiger partial charge in [-0.15, -0.1) is 0 Å². The number of rotatable bonds is 7. The van der Waals surface area contributed by atoms with Crippen LogP contribution in [-0.4, -0.2) is 44.9 Å². The molecule has 0 aliphatic carbocycles. The number of piperidine rings is 1. The van der Waals surface area contributed by atoms with Crippen LogP contribution >= 0.6 is 0 Å². The number of anilines is 1. The zero-order valence-corrected chi connectivity index (χ0v) is 18.2. The summed E-state index contributed by atoms with van der Waals surface area (Å²) >= 11 is 0. The molecule has 3 rings (SSSR count). The first-order valence-electron chi connectivity index (χ1n) is 10.6. The smallest absolute Gasteiger partial charge is 0.332 e. The number of benzene rings is 1. The Balaban J connectivity index is 2.03. The molecule has 0 spiro atoms. The number of carbonyl (C=O) groups is 2. The molecule has 11 heteroatoms. The minimum absolute atomic E-state index is 0.00637. The van der Waals surface area contributed by atoms with Gasteiger partial charge in [-0.2, -0.15) is 5.26 Å². The molecule has 1 saturated heterocycles. The van der Waals surface area contributed by atoms with E-state index >= 15 is 0 Å². The largest absolute Gasteiger partial charge is 0.384 e. The van der Waals surface area contributed by atoms with Crippen LogP contribution in [0.5, 0.6) is 0 Å². The van der Waals surface area contributed by atoms with Crippen LogP contribution in [0.2, 0.25) is 0 Å². The van der Waals surface area contributed by atoms with Crippen LogP contribution in [0.25, 0.3) is 0 Å². The molecule has 1 aliphatic heterocycles. The summed E-state index contributed by atoms with van der Waals surface area (Å²) in [6.07, 6.45) is 2.09. The summed E-state index contributed by atoms with van der Waals surface area (Å²) in [4.78, 5) is 52.3. The van der Waals surface area contributed by atoms with Crippen LogP contribution in [0, 0.1) is 17.1 Å². The second-order valence-corrected chi connectivity index (χ2v) is 7.91. The summed E-state index contributed by atoms with van der Waals surface area (Å²) < 4.78 is 15.9. The van der Waals surface area contributed by atoms with Crippen molar-refractivity contribution in [2.45, 2.75) is 45.3 Å². The molecule has 0 bridgehead atoms. The molecule has 10 nitrogen and oxygen atoms in total. The monoisotopic (exact) mass is 456 g/mol. The molecule has 0 saturated carbocycles. The van der Waals surface area contributed by atoms with Gasteiger partial charge in [0.25, 0.3) is 5.56 Å². The number of carbonyl (C=O) groups excluding carboxylic acids is 2. The van der Waals surface area contributed by atoms with Crippen molar-refractivity contribution in [1.82, 2.24) is 14.0 Å². The molecular formula is C22H25FN6O4. The fraction of sp³-hybridized carbons (Fsp3) is 0.409. The van der Waals surface area contributed by atoms with Gasteiger partial charge < -0.3 is 11.5 Å². The highest BCUT2D eigenvalue weighted by atomic mass is 19.1. The van der Waals surface area contributed by atoms with Gasteiger partial charge in [-0.05, 0) is 44.0 Å². The first-order chi connectivity index (χ1) is 15.7.